The van der Waals surface area contributed by atoms with E-state index in [9.17, 15) is 0 Å². The van der Waals surface area contributed by atoms with E-state index in [2.05, 4.69) is 12.2 Å². The number of hydrogen-bond donors (Lipinski definition) is 1. The quantitative estimate of drug-likeness (QED) is 0.831. The maximum atomic E-state index is 5.97. The molecule has 0 saturated heterocycles. The molecular weight excluding hydrogens is 257 g/mol. The molecule has 0 radical (unpaired) electrons. The molecule has 0 fully saturated rings. The van der Waals surface area contributed by atoms with Crippen LogP contribution in [0.4, 0.5) is 5.69 Å². The van der Waals surface area contributed by atoms with E-state index in [1.54, 1.807) is 12.3 Å². The van der Waals surface area contributed by atoms with E-state index in [4.69, 9.17) is 27.6 Å². The van der Waals surface area contributed by atoms with Gasteiger partial charge in [-0.15, -0.1) is 0 Å². The Kier molecular flexibility index (Phi) is 3.97. The molecule has 1 N–H and O–H groups in total. The molecule has 1 heterocycles. The Hall–Kier alpha value is -1.12. The molecule has 4 heteroatoms. The lowest BCUT2D eigenvalue weighted by molar-refractivity contribution is 0.474. The smallest absolute Gasteiger partial charge is 0.125 e. The second kappa shape index (κ2) is 5.48. The van der Waals surface area contributed by atoms with E-state index in [0.29, 0.717) is 10.0 Å². The Balaban J connectivity index is 2.16. The number of halogens is 2. The standard InChI is InChI=1S/C13H13Cl2NO/c1-2-12(13-4-3-7-17-13)16-9-5-6-10(14)11(15)8-9/h3-8,12,16H,2H2,1H3. The highest BCUT2D eigenvalue weighted by molar-refractivity contribution is 6.42. The summed E-state index contributed by atoms with van der Waals surface area (Å²) in [5.74, 6) is 0.915. The topological polar surface area (TPSA) is 25.2 Å². The zero-order valence-corrected chi connectivity index (χ0v) is 10.9. The molecule has 1 atom stereocenters. The molecular formula is C13H13Cl2NO. The zero-order valence-electron chi connectivity index (χ0n) is 9.41. The van der Waals surface area contributed by atoms with E-state index in [1.165, 1.54) is 0 Å². The van der Waals surface area contributed by atoms with Gasteiger partial charge in [-0.1, -0.05) is 30.1 Å². The van der Waals surface area contributed by atoms with E-state index in [1.807, 2.05) is 24.3 Å². The van der Waals surface area contributed by atoms with Gasteiger partial charge in [-0.05, 0) is 36.8 Å². The van der Waals surface area contributed by atoms with Crippen molar-refractivity contribution in [2.24, 2.45) is 0 Å². The normalized spacial score (nSPS) is 12.4. The molecule has 0 amide bonds. The first-order chi connectivity index (χ1) is 8.20. The van der Waals surface area contributed by atoms with Crippen LogP contribution in [0.5, 0.6) is 0 Å². The van der Waals surface area contributed by atoms with Crippen molar-refractivity contribution in [1.82, 2.24) is 0 Å². The lowest BCUT2D eigenvalue weighted by Gasteiger charge is -2.16. The fourth-order valence-corrected chi connectivity index (χ4v) is 1.95. The molecule has 0 aliphatic rings. The van der Waals surface area contributed by atoms with Gasteiger partial charge in [-0.3, -0.25) is 0 Å². The van der Waals surface area contributed by atoms with Crippen molar-refractivity contribution < 1.29 is 4.42 Å². The maximum Gasteiger partial charge on any atom is 0.125 e. The Labute approximate surface area is 111 Å². The van der Waals surface area contributed by atoms with Crippen molar-refractivity contribution in [1.29, 1.82) is 0 Å². The molecule has 17 heavy (non-hydrogen) atoms. The number of benzene rings is 1. The SMILES string of the molecule is CCC(Nc1ccc(Cl)c(Cl)c1)c1ccco1. The molecule has 0 spiro atoms. The van der Waals surface area contributed by atoms with Crippen LogP contribution in [0, 0.1) is 0 Å². The average Bonchev–Trinajstić information content (AvgIpc) is 2.84. The van der Waals surface area contributed by atoms with Crippen LogP contribution in [0.15, 0.2) is 41.0 Å². The first-order valence-electron chi connectivity index (χ1n) is 5.45. The highest BCUT2D eigenvalue weighted by atomic mass is 35.5. The number of rotatable bonds is 4. The van der Waals surface area contributed by atoms with Gasteiger partial charge in [0.15, 0.2) is 0 Å². The average molecular weight is 270 g/mol. The summed E-state index contributed by atoms with van der Waals surface area (Å²) < 4.78 is 5.39. The maximum absolute atomic E-state index is 5.97. The number of nitrogens with one attached hydrogen (secondary N) is 1. The minimum Gasteiger partial charge on any atom is -0.467 e. The Morgan fingerprint density at radius 1 is 1.24 bits per heavy atom. The van der Waals surface area contributed by atoms with Gasteiger partial charge in [-0.25, -0.2) is 0 Å². The van der Waals surface area contributed by atoms with Gasteiger partial charge in [0.25, 0.3) is 0 Å². The highest BCUT2D eigenvalue weighted by Crippen LogP contribution is 2.28. The Morgan fingerprint density at radius 2 is 2.06 bits per heavy atom. The van der Waals surface area contributed by atoms with Gasteiger partial charge >= 0.3 is 0 Å². The van der Waals surface area contributed by atoms with Crippen LogP contribution in [-0.2, 0) is 0 Å². The van der Waals surface area contributed by atoms with Crippen LogP contribution in [0.3, 0.4) is 0 Å². The van der Waals surface area contributed by atoms with Crippen LogP contribution < -0.4 is 5.32 Å². The van der Waals surface area contributed by atoms with Crippen molar-refractivity contribution in [3.63, 3.8) is 0 Å². The lowest BCUT2D eigenvalue weighted by Crippen LogP contribution is -2.08. The summed E-state index contributed by atoms with van der Waals surface area (Å²) in [5, 5.41) is 4.47. The molecule has 0 bridgehead atoms. The van der Waals surface area contributed by atoms with Crippen molar-refractivity contribution in [3.05, 3.63) is 52.4 Å². The van der Waals surface area contributed by atoms with Gasteiger partial charge in [0.1, 0.15) is 5.76 Å². The zero-order chi connectivity index (χ0) is 12.3. The summed E-state index contributed by atoms with van der Waals surface area (Å²) in [6.07, 6.45) is 2.60. The minimum atomic E-state index is 0.141. The highest BCUT2D eigenvalue weighted by Gasteiger charge is 2.12. The van der Waals surface area contributed by atoms with Gasteiger partial charge < -0.3 is 9.73 Å². The monoisotopic (exact) mass is 269 g/mol. The van der Waals surface area contributed by atoms with E-state index in [-0.39, 0.29) is 6.04 Å². The summed E-state index contributed by atoms with van der Waals surface area (Å²) in [6, 6.07) is 9.48. The van der Waals surface area contributed by atoms with E-state index < -0.39 is 0 Å². The lowest BCUT2D eigenvalue weighted by atomic mass is 10.1. The summed E-state index contributed by atoms with van der Waals surface area (Å²) in [5.41, 5.74) is 0.933. The number of hydrogen-bond acceptors (Lipinski definition) is 2. The second-order valence-corrected chi connectivity index (χ2v) is 4.56. The van der Waals surface area contributed by atoms with E-state index >= 15 is 0 Å². The number of anilines is 1. The summed E-state index contributed by atoms with van der Waals surface area (Å²) in [7, 11) is 0. The molecule has 0 aliphatic carbocycles. The van der Waals surface area contributed by atoms with Crippen molar-refractivity contribution in [2.75, 3.05) is 5.32 Å². The van der Waals surface area contributed by atoms with Crippen LogP contribution in [0.2, 0.25) is 10.0 Å². The molecule has 1 unspecified atom stereocenters. The molecule has 90 valence electrons. The van der Waals surface area contributed by atoms with E-state index in [0.717, 1.165) is 17.9 Å². The van der Waals surface area contributed by atoms with Crippen molar-refractivity contribution in [2.45, 2.75) is 19.4 Å². The van der Waals surface area contributed by atoms with Crippen molar-refractivity contribution in [3.8, 4) is 0 Å². The predicted molar refractivity (Wildman–Crippen MR) is 71.8 cm³/mol. The molecule has 2 aromatic rings. The number of furan rings is 1. The fourth-order valence-electron chi connectivity index (χ4n) is 1.65. The Morgan fingerprint density at radius 3 is 2.65 bits per heavy atom. The molecule has 0 saturated carbocycles. The predicted octanol–water partition coefficient (Wildman–Crippen LogP) is 5.15. The molecule has 1 aromatic heterocycles. The molecule has 0 aliphatic heterocycles. The van der Waals surface area contributed by atoms with Gasteiger partial charge in [-0.2, -0.15) is 0 Å². The van der Waals surface area contributed by atoms with Crippen LogP contribution in [0.1, 0.15) is 25.1 Å². The summed E-state index contributed by atoms with van der Waals surface area (Å²) in [6.45, 7) is 2.09. The summed E-state index contributed by atoms with van der Waals surface area (Å²) in [4.78, 5) is 0. The minimum absolute atomic E-state index is 0.141. The first-order valence-corrected chi connectivity index (χ1v) is 6.21. The third kappa shape index (κ3) is 2.96. The van der Waals surface area contributed by atoms with Gasteiger partial charge in [0, 0.05) is 5.69 Å². The third-order valence-corrected chi connectivity index (χ3v) is 3.29. The largest absolute Gasteiger partial charge is 0.467 e. The fraction of sp³-hybridized carbons (Fsp3) is 0.231. The molecule has 2 nitrogen and oxygen atoms in total. The second-order valence-electron chi connectivity index (χ2n) is 3.75. The first kappa shape index (κ1) is 12.3. The van der Waals surface area contributed by atoms with Gasteiger partial charge in [0.2, 0.25) is 0 Å². The van der Waals surface area contributed by atoms with Crippen LogP contribution in [0.25, 0.3) is 0 Å². The van der Waals surface area contributed by atoms with Crippen LogP contribution >= 0.6 is 23.2 Å². The van der Waals surface area contributed by atoms with Crippen LogP contribution in [-0.4, -0.2) is 0 Å². The molecule has 1 aromatic carbocycles. The third-order valence-electron chi connectivity index (χ3n) is 2.56. The van der Waals surface area contributed by atoms with Gasteiger partial charge in [0.05, 0.1) is 22.4 Å². The summed E-state index contributed by atoms with van der Waals surface area (Å²) >= 11 is 11.8. The molecule has 2 rings (SSSR count). The Bertz CT molecular complexity index is 482. The van der Waals surface area contributed by atoms with Crippen molar-refractivity contribution >= 4 is 28.9 Å².